The van der Waals surface area contributed by atoms with E-state index in [2.05, 4.69) is 35.8 Å². The normalized spacial score (nSPS) is 23.7. The lowest BCUT2D eigenvalue weighted by Crippen LogP contribution is -2.37. The van der Waals surface area contributed by atoms with Crippen LogP contribution in [0.2, 0.25) is 0 Å². The fourth-order valence-corrected chi connectivity index (χ4v) is 3.61. The van der Waals surface area contributed by atoms with Gasteiger partial charge >= 0.3 is 0 Å². The lowest BCUT2D eigenvalue weighted by Gasteiger charge is -2.29. The van der Waals surface area contributed by atoms with Crippen LogP contribution in [0.15, 0.2) is 12.1 Å². The number of hydrogen-bond acceptors (Lipinski definition) is 4. The summed E-state index contributed by atoms with van der Waals surface area (Å²) in [5.74, 6) is 1.11. The van der Waals surface area contributed by atoms with Crippen molar-refractivity contribution in [2.45, 2.75) is 39.2 Å². The van der Waals surface area contributed by atoms with Crippen molar-refractivity contribution in [3.05, 3.63) is 23.4 Å². The third-order valence-corrected chi connectivity index (χ3v) is 4.68. The van der Waals surface area contributed by atoms with E-state index in [9.17, 15) is 0 Å². The molecule has 0 amide bonds. The first-order valence-corrected chi connectivity index (χ1v) is 8.34. The maximum absolute atomic E-state index is 5.42. The standard InChI is InChI=1S/C17H27N3O/c1-3-8-19-9-4-5-16(19)15-6-7-17(18-14(15)2)20-10-12-21-13-11-20/h6-7,16H,3-5,8-13H2,1-2H3/t16-/m0/s1. The van der Waals surface area contributed by atoms with Crippen molar-refractivity contribution < 1.29 is 4.74 Å². The number of aromatic nitrogens is 1. The Bertz CT molecular complexity index is 471. The molecule has 2 aliphatic heterocycles. The van der Waals surface area contributed by atoms with E-state index in [0.29, 0.717) is 6.04 Å². The van der Waals surface area contributed by atoms with Crippen LogP contribution >= 0.6 is 0 Å². The van der Waals surface area contributed by atoms with Gasteiger partial charge in [0.15, 0.2) is 0 Å². The summed E-state index contributed by atoms with van der Waals surface area (Å²) in [6.45, 7) is 10.4. The van der Waals surface area contributed by atoms with Crippen LogP contribution in [0.25, 0.3) is 0 Å². The first-order chi connectivity index (χ1) is 10.3. The van der Waals surface area contributed by atoms with E-state index < -0.39 is 0 Å². The molecule has 3 rings (SSSR count). The summed E-state index contributed by atoms with van der Waals surface area (Å²) in [4.78, 5) is 9.84. The predicted octanol–water partition coefficient (Wildman–Crippen LogP) is 2.77. The molecule has 2 aliphatic rings. The van der Waals surface area contributed by atoms with Crippen molar-refractivity contribution in [1.29, 1.82) is 0 Å². The van der Waals surface area contributed by atoms with Gasteiger partial charge in [-0.25, -0.2) is 4.98 Å². The van der Waals surface area contributed by atoms with E-state index in [1.165, 1.54) is 43.6 Å². The molecule has 0 saturated carbocycles. The molecule has 1 atom stereocenters. The number of nitrogens with zero attached hydrogens (tertiary/aromatic N) is 3. The Balaban J connectivity index is 1.77. The van der Waals surface area contributed by atoms with Gasteiger partial charge in [0.05, 0.1) is 13.2 Å². The predicted molar refractivity (Wildman–Crippen MR) is 85.8 cm³/mol. The minimum atomic E-state index is 0.580. The van der Waals surface area contributed by atoms with Crippen LogP contribution in [0.3, 0.4) is 0 Å². The highest BCUT2D eigenvalue weighted by Crippen LogP contribution is 2.34. The molecule has 1 aromatic rings. The number of likely N-dealkylation sites (tertiary alicyclic amines) is 1. The van der Waals surface area contributed by atoms with Crippen LogP contribution in [0.4, 0.5) is 5.82 Å². The Labute approximate surface area is 128 Å². The highest BCUT2D eigenvalue weighted by molar-refractivity contribution is 5.43. The fraction of sp³-hybridized carbons (Fsp3) is 0.706. The summed E-state index contributed by atoms with van der Waals surface area (Å²) in [5, 5.41) is 0. The van der Waals surface area contributed by atoms with Crippen LogP contribution in [-0.2, 0) is 4.74 Å². The third-order valence-electron chi connectivity index (χ3n) is 4.68. The summed E-state index contributed by atoms with van der Waals surface area (Å²) in [6.07, 6.45) is 3.82. The average molecular weight is 289 g/mol. The molecule has 0 unspecified atom stereocenters. The maximum Gasteiger partial charge on any atom is 0.128 e. The van der Waals surface area contributed by atoms with E-state index in [4.69, 9.17) is 9.72 Å². The average Bonchev–Trinajstić information content (AvgIpc) is 2.96. The molecule has 0 spiro atoms. The minimum absolute atomic E-state index is 0.580. The van der Waals surface area contributed by atoms with Crippen molar-refractivity contribution >= 4 is 5.82 Å². The highest BCUT2D eigenvalue weighted by Gasteiger charge is 2.27. The Morgan fingerprint density at radius 2 is 2.05 bits per heavy atom. The van der Waals surface area contributed by atoms with Crippen LogP contribution in [0.1, 0.15) is 43.5 Å². The number of anilines is 1. The molecule has 0 aliphatic carbocycles. The van der Waals surface area contributed by atoms with Crippen molar-refractivity contribution in [3.8, 4) is 0 Å². The first-order valence-electron chi connectivity index (χ1n) is 8.34. The van der Waals surface area contributed by atoms with Gasteiger partial charge in [-0.05, 0) is 50.9 Å². The first kappa shape index (κ1) is 14.8. The smallest absolute Gasteiger partial charge is 0.128 e. The fourth-order valence-electron chi connectivity index (χ4n) is 3.61. The lowest BCUT2D eigenvalue weighted by atomic mass is 10.0. The number of rotatable bonds is 4. The quantitative estimate of drug-likeness (QED) is 0.852. The van der Waals surface area contributed by atoms with Crippen LogP contribution < -0.4 is 4.90 Å². The van der Waals surface area contributed by atoms with Gasteiger partial charge in [0.2, 0.25) is 0 Å². The van der Waals surface area contributed by atoms with E-state index in [-0.39, 0.29) is 0 Å². The molecule has 0 radical (unpaired) electrons. The van der Waals surface area contributed by atoms with E-state index in [0.717, 1.165) is 32.1 Å². The zero-order valence-electron chi connectivity index (χ0n) is 13.3. The molecular weight excluding hydrogens is 262 g/mol. The zero-order chi connectivity index (χ0) is 14.7. The number of aryl methyl sites for hydroxylation is 1. The van der Waals surface area contributed by atoms with Crippen molar-refractivity contribution in [2.75, 3.05) is 44.3 Å². The van der Waals surface area contributed by atoms with E-state index in [1.807, 2.05) is 0 Å². The van der Waals surface area contributed by atoms with E-state index >= 15 is 0 Å². The van der Waals surface area contributed by atoms with Gasteiger partial charge in [0, 0.05) is 24.8 Å². The Hall–Kier alpha value is -1.13. The molecule has 2 saturated heterocycles. The molecule has 0 N–H and O–H groups in total. The van der Waals surface area contributed by atoms with Gasteiger partial charge in [-0.3, -0.25) is 4.90 Å². The van der Waals surface area contributed by atoms with Crippen molar-refractivity contribution in [2.24, 2.45) is 0 Å². The van der Waals surface area contributed by atoms with Crippen LogP contribution in [0, 0.1) is 6.92 Å². The van der Waals surface area contributed by atoms with Gasteiger partial charge in [-0.1, -0.05) is 13.0 Å². The second kappa shape index (κ2) is 6.75. The van der Waals surface area contributed by atoms with Gasteiger partial charge < -0.3 is 9.64 Å². The summed E-state index contributed by atoms with van der Waals surface area (Å²) < 4.78 is 5.42. The van der Waals surface area contributed by atoms with Gasteiger partial charge in [-0.15, -0.1) is 0 Å². The zero-order valence-corrected chi connectivity index (χ0v) is 13.3. The van der Waals surface area contributed by atoms with Gasteiger partial charge in [0.25, 0.3) is 0 Å². The maximum atomic E-state index is 5.42. The molecule has 1 aromatic heterocycles. The van der Waals surface area contributed by atoms with E-state index in [1.54, 1.807) is 0 Å². The molecule has 4 heteroatoms. The van der Waals surface area contributed by atoms with Crippen molar-refractivity contribution in [1.82, 2.24) is 9.88 Å². The summed E-state index contributed by atoms with van der Waals surface area (Å²) >= 11 is 0. The lowest BCUT2D eigenvalue weighted by molar-refractivity contribution is 0.122. The largest absolute Gasteiger partial charge is 0.378 e. The molecule has 0 aromatic carbocycles. The molecule has 3 heterocycles. The number of hydrogen-bond donors (Lipinski definition) is 0. The topological polar surface area (TPSA) is 28.6 Å². The minimum Gasteiger partial charge on any atom is -0.378 e. The van der Waals surface area contributed by atoms with Crippen molar-refractivity contribution in [3.63, 3.8) is 0 Å². The number of ether oxygens (including phenoxy) is 1. The second-order valence-electron chi connectivity index (χ2n) is 6.14. The number of pyridine rings is 1. The monoisotopic (exact) mass is 289 g/mol. The molecular formula is C17H27N3O. The highest BCUT2D eigenvalue weighted by atomic mass is 16.5. The molecule has 4 nitrogen and oxygen atoms in total. The second-order valence-corrected chi connectivity index (χ2v) is 6.14. The summed E-state index contributed by atoms with van der Waals surface area (Å²) in [5.41, 5.74) is 2.63. The molecule has 116 valence electrons. The number of morpholine rings is 1. The Kier molecular flexibility index (Phi) is 4.76. The summed E-state index contributed by atoms with van der Waals surface area (Å²) in [6, 6.07) is 5.10. The third kappa shape index (κ3) is 3.22. The van der Waals surface area contributed by atoms with Gasteiger partial charge in [0.1, 0.15) is 5.82 Å². The molecule has 0 bridgehead atoms. The Morgan fingerprint density at radius 1 is 1.24 bits per heavy atom. The molecule has 2 fully saturated rings. The summed E-state index contributed by atoms with van der Waals surface area (Å²) in [7, 11) is 0. The van der Waals surface area contributed by atoms with Crippen LogP contribution in [0.5, 0.6) is 0 Å². The Morgan fingerprint density at radius 3 is 2.76 bits per heavy atom. The van der Waals surface area contributed by atoms with Crippen LogP contribution in [-0.4, -0.2) is 49.3 Å². The molecule has 21 heavy (non-hydrogen) atoms. The SMILES string of the molecule is CCCN1CCC[C@H]1c1ccc(N2CCOCC2)nc1C. The van der Waals surface area contributed by atoms with Gasteiger partial charge in [-0.2, -0.15) is 0 Å².